The van der Waals surface area contributed by atoms with Crippen LogP contribution in [0.1, 0.15) is 16.7 Å². The molecule has 0 fully saturated rings. The first kappa shape index (κ1) is 12.4. The first-order valence-corrected chi connectivity index (χ1v) is 5.67. The van der Waals surface area contributed by atoms with E-state index in [2.05, 4.69) is 4.99 Å². The summed E-state index contributed by atoms with van der Waals surface area (Å²) in [6.07, 6.45) is 1.39. The Hall–Kier alpha value is -2.03. The fraction of sp³-hybridized carbons (Fsp3) is 0.133. The zero-order chi connectivity index (χ0) is 13.0. The minimum atomic E-state index is -0.453. The second kappa shape index (κ2) is 5.54. The van der Waals surface area contributed by atoms with Gasteiger partial charge in [0.2, 0.25) is 0 Å². The molecule has 0 bridgehead atoms. The fourth-order valence-corrected chi connectivity index (χ4v) is 1.65. The standard InChI is InChI=1S/C15H13F2N/c1-11-13(15(17)8-7-14(11)16)10-18-9-12-5-3-2-4-6-12/h2-8,10H,9H2,1H3. The number of nitrogens with zero attached hydrogens (tertiary/aromatic N) is 1. The van der Waals surface area contributed by atoms with Crippen LogP contribution in [0.4, 0.5) is 8.78 Å². The van der Waals surface area contributed by atoms with Crippen molar-refractivity contribution in [2.24, 2.45) is 4.99 Å². The van der Waals surface area contributed by atoms with E-state index in [1.165, 1.54) is 6.21 Å². The van der Waals surface area contributed by atoms with Gasteiger partial charge in [-0.2, -0.15) is 0 Å². The summed E-state index contributed by atoms with van der Waals surface area (Å²) in [4.78, 5) is 4.14. The molecular formula is C15H13F2N. The number of hydrogen-bond acceptors (Lipinski definition) is 1. The SMILES string of the molecule is Cc1c(F)ccc(F)c1C=NCc1ccccc1. The largest absolute Gasteiger partial charge is 0.288 e. The van der Waals surface area contributed by atoms with Crippen LogP contribution in [0, 0.1) is 18.6 Å². The van der Waals surface area contributed by atoms with E-state index in [1.807, 2.05) is 30.3 Å². The molecule has 0 saturated heterocycles. The molecule has 0 amide bonds. The van der Waals surface area contributed by atoms with Crippen molar-refractivity contribution in [3.05, 3.63) is 70.8 Å². The average molecular weight is 245 g/mol. The van der Waals surface area contributed by atoms with E-state index >= 15 is 0 Å². The lowest BCUT2D eigenvalue weighted by atomic mass is 10.1. The van der Waals surface area contributed by atoms with E-state index in [0.717, 1.165) is 17.7 Å². The van der Waals surface area contributed by atoms with Crippen molar-refractivity contribution >= 4 is 6.21 Å². The van der Waals surface area contributed by atoms with Crippen molar-refractivity contribution in [1.82, 2.24) is 0 Å². The third kappa shape index (κ3) is 2.80. The van der Waals surface area contributed by atoms with Crippen LogP contribution >= 0.6 is 0 Å². The molecule has 0 heterocycles. The summed E-state index contributed by atoms with van der Waals surface area (Å²) in [5, 5.41) is 0. The highest BCUT2D eigenvalue weighted by molar-refractivity contribution is 5.82. The first-order valence-electron chi connectivity index (χ1n) is 5.67. The summed E-state index contributed by atoms with van der Waals surface area (Å²) < 4.78 is 26.8. The lowest BCUT2D eigenvalue weighted by molar-refractivity contribution is 0.591. The average Bonchev–Trinajstić information content (AvgIpc) is 2.39. The van der Waals surface area contributed by atoms with Gasteiger partial charge in [-0.05, 0) is 30.2 Å². The minimum absolute atomic E-state index is 0.214. The zero-order valence-electron chi connectivity index (χ0n) is 10.0. The maximum Gasteiger partial charge on any atom is 0.132 e. The molecule has 2 rings (SSSR count). The fourth-order valence-electron chi connectivity index (χ4n) is 1.65. The van der Waals surface area contributed by atoms with Crippen molar-refractivity contribution in [3.63, 3.8) is 0 Å². The van der Waals surface area contributed by atoms with Gasteiger partial charge in [-0.3, -0.25) is 4.99 Å². The number of halogens is 2. The molecule has 18 heavy (non-hydrogen) atoms. The second-order valence-electron chi connectivity index (χ2n) is 4.02. The predicted octanol–water partition coefficient (Wildman–Crippen LogP) is 3.89. The lowest BCUT2D eigenvalue weighted by Gasteiger charge is -2.03. The van der Waals surface area contributed by atoms with Gasteiger partial charge in [0.1, 0.15) is 11.6 Å². The maximum atomic E-state index is 13.5. The van der Waals surface area contributed by atoms with Crippen molar-refractivity contribution in [3.8, 4) is 0 Å². The van der Waals surface area contributed by atoms with Gasteiger partial charge in [0, 0.05) is 11.8 Å². The predicted molar refractivity (Wildman–Crippen MR) is 68.8 cm³/mol. The molecule has 2 aromatic carbocycles. The van der Waals surface area contributed by atoms with Crippen molar-refractivity contribution < 1.29 is 8.78 Å². The molecule has 0 saturated carbocycles. The van der Waals surface area contributed by atoms with Crippen LogP contribution in [0.3, 0.4) is 0 Å². The summed E-state index contributed by atoms with van der Waals surface area (Å²) >= 11 is 0. The number of benzene rings is 2. The molecule has 0 spiro atoms. The molecular weight excluding hydrogens is 232 g/mol. The van der Waals surface area contributed by atoms with E-state index in [-0.39, 0.29) is 11.1 Å². The summed E-state index contributed by atoms with van der Waals surface area (Å²) in [7, 11) is 0. The van der Waals surface area contributed by atoms with E-state index in [4.69, 9.17) is 0 Å². The molecule has 0 atom stereocenters. The van der Waals surface area contributed by atoms with E-state index in [1.54, 1.807) is 6.92 Å². The quantitative estimate of drug-likeness (QED) is 0.727. The van der Waals surface area contributed by atoms with Gasteiger partial charge in [0.15, 0.2) is 0 Å². The molecule has 2 aromatic rings. The van der Waals surface area contributed by atoms with Crippen LogP contribution < -0.4 is 0 Å². The molecule has 0 aromatic heterocycles. The second-order valence-corrected chi connectivity index (χ2v) is 4.02. The van der Waals surface area contributed by atoms with Crippen molar-refractivity contribution in [1.29, 1.82) is 0 Å². The Bertz CT molecular complexity index is 562. The first-order chi connectivity index (χ1) is 8.68. The third-order valence-corrected chi connectivity index (χ3v) is 2.73. The molecule has 0 aliphatic heterocycles. The highest BCUT2D eigenvalue weighted by Gasteiger charge is 2.07. The number of aliphatic imine (C=N–C) groups is 1. The topological polar surface area (TPSA) is 12.4 Å². The minimum Gasteiger partial charge on any atom is -0.288 e. The molecule has 0 radical (unpaired) electrons. The van der Waals surface area contributed by atoms with Gasteiger partial charge in [-0.25, -0.2) is 8.78 Å². The summed E-state index contributed by atoms with van der Waals surface area (Å²) in [5.74, 6) is -0.872. The van der Waals surface area contributed by atoms with Crippen LogP contribution in [0.25, 0.3) is 0 Å². The Morgan fingerprint density at radius 3 is 2.39 bits per heavy atom. The van der Waals surface area contributed by atoms with E-state index in [9.17, 15) is 8.78 Å². The van der Waals surface area contributed by atoms with Crippen LogP contribution in [0.15, 0.2) is 47.5 Å². The zero-order valence-corrected chi connectivity index (χ0v) is 10.0. The van der Waals surface area contributed by atoms with Crippen molar-refractivity contribution in [2.75, 3.05) is 0 Å². The van der Waals surface area contributed by atoms with E-state index in [0.29, 0.717) is 6.54 Å². The Kier molecular flexibility index (Phi) is 3.82. The third-order valence-electron chi connectivity index (χ3n) is 2.73. The highest BCUT2D eigenvalue weighted by atomic mass is 19.1. The normalized spacial score (nSPS) is 11.1. The van der Waals surface area contributed by atoms with Gasteiger partial charge in [0.25, 0.3) is 0 Å². The smallest absolute Gasteiger partial charge is 0.132 e. The molecule has 1 nitrogen and oxygen atoms in total. The molecule has 0 aliphatic rings. The molecule has 0 N–H and O–H groups in total. The summed E-state index contributed by atoms with van der Waals surface area (Å²) in [6, 6.07) is 11.9. The molecule has 92 valence electrons. The Morgan fingerprint density at radius 1 is 1.00 bits per heavy atom. The van der Waals surface area contributed by atoms with Gasteiger partial charge in [-0.15, -0.1) is 0 Å². The van der Waals surface area contributed by atoms with Gasteiger partial charge in [-0.1, -0.05) is 30.3 Å². The maximum absolute atomic E-state index is 13.5. The van der Waals surface area contributed by atoms with Crippen LogP contribution in [-0.2, 0) is 6.54 Å². The van der Waals surface area contributed by atoms with E-state index < -0.39 is 11.6 Å². The molecule has 0 unspecified atom stereocenters. The highest BCUT2D eigenvalue weighted by Crippen LogP contribution is 2.14. The van der Waals surface area contributed by atoms with Gasteiger partial charge < -0.3 is 0 Å². The van der Waals surface area contributed by atoms with Crippen LogP contribution in [-0.4, -0.2) is 6.21 Å². The Labute approximate surface area is 105 Å². The van der Waals surface area contributed by atoms with Gasteiger partial charge in [0.05, 0.1) is 6.54 Å². The van der Waals surface area contributed by atoms with Gasteiger partial charge >= 0.3 is 0 Å². The van der Waals surface area contributed by atoms with Crippen LogP contribution in [0.5, 0.6) is 0 Å². The summed E-state index contributed by atoms with van der Waals surface area (Å²) in [6.45, 7) is 2.00. The Morgan fingerprint density at radius 2 is 1.67 bits per heavy atom. The molecule has 3 heteroatoms. The summed E-state index contributed by atoms with van der Waals surface area (Å²) in [5.41, 5.74) is 1.53. The van der Waals surface area contributed by atoms with Crippen molar-refractivity contribution in [2.45, 2.75) is 13.5 Å². The van der Waals surface area contributed by atoms with Crippen LogP contribution in [0.2, 0.25) is 0 Å². The number of rotatable bonds is 3. The number of hydrogen-bond donors (Lipinski definition) is 0. The monoisotopic (exact) mass is 245 g/mol. The lowest BCUT2D eigenvalue weighted by Crippen LogP contribution is -1.96. The molecule has 0 aliphatic carbocycles. The Balaban J connectivity index is 2.17.